The Bertz CT molecular complexity index is 1510. The van der Waals surface area contributed by atoms with E-state index < -0.39 is 5.60 Å². The quantitative estimate of drug-likeness (QED) is 0.411. The van der Waals surface area contributed by atoms with Crippen LogP contribution < -0.4 is 10.3 Å². The van der Waals surface area contributed by atoms with Crippen LogP contribution in [0.1, 0.15) is 45.2 Å². The van der Waals surface area contributed by atoms with Gasteiger partial charge < -0.3 is 23.9 Å². The van der Waals surface area contributed by atoms with E-state index in [1.54, 1.807) is 39.9 Å². The predicted octanol–water partition coefficient (Wildman–Crippen LogP) is 4.52. The molecule has 5 rings (SSSR count). The second-order valence-electron chi connectivity index (χ2n) is 9.89. The predicted molar refractivity (Wildman–Crippen MR) is 136 cm³/mol. The SMILES string of the molecule is COc1ccc(-c2nc(-c3cnn4c(C5CCN(C(=O)OC(C)(C)C)CC5)cc(=O)[nH]c34)no2)cc1Cl. The summed E-state index contributed by atoms with van der Waals surface area (Å²) in [4.78, 5) is 34.1. The average Bonchev–Trinajstić information content (AvgIpc) is 3.50. The number of carbonyl (C=O) groups is 1. The highest BCUT2D eigenvalue weighted by atomic mass is 35.5. The van der Waals surface area contributed by atoms with Crippen molar-refractivity contribution in [3.8, 4) is 28.6 Å². The molecule has 1 aromatic carbocycles. The molecule has 3 aromatic heterocycles. The van der Waals surface area contributed by atoms with E-state index in [4.69, 9.17) is 25.6 Å². The van der Waals surface area contributed by atoms with Gasteiger partial charge in [0.05, 0.1) is 29.6 Å². The van der Waals surface area contributed by atoms with Crippen molar-refractivity contribution < 1.29 is 18.8 Å². The van der Waals surface area contributed by atoms with Gasteiger partial charge in [0, 0.05) is 30.6 Å². The van der Waals surface area contributed by atoms with Crippen LogP contribution in [0.4, 0.5) is 4.79 Å². The Morgan fingerprint density at radius 2 is 1.97 bits per heavy atom. The summed E-state index contributed by atoms with van der Waals surface area (Å²) in [5, 5.41) is 9.03. The van der Waals surface area contributed by atoms with E-state index in [1.807, 2.05) is 20.8 Å². The fourth-order valence-electron chi connectivity index (χ4n) is 4.40. The molecule has 1 saturated heterocycles. The Hall–Kier alpha value is -3.86. The number of hydrogen-bond donors (Lipinski definition) is 1. The summed E-state index contributed by atoms with van der Waals surface area (Å²) in [7, 11) is 1.54. The van der Waals surface area contributed by atoms with Crippen molar-refractivity contribution in [3.05, 3.63) is 51.5 Å². The molecule has 1 amide bonds. The highest BCUT2D eigenvalue weighted by Crippen LogP contribution is 2.32. The van der Waals surface area contributed by atoms with Gasteiger partial charge in [0.25, 0.3) is 11.4 Å². The molecule has 12 heteroatoms. The van der Waals surface area contributed by atoms with Crippen molar-refractivity contribution in [2.24, 2.45) is 0 Å². The van der Waals surface area contributed by atoms with Gasteiger partial charge in [-0.3, -0.25) is 4.79 Å². The number of amides is 1. The maximum atomic E-state index is 12.6. The first kappa shape index (κ1) is 24.8. The minimum absolute atomic E-state index is 0.0403. The van der Waals surface area contributed by atoms with E-state index in [0.29, 0.717) is 53.5 Å². The number of hydrogen-bond acceptors (Lipinski definition) is 8. The average molecular weight is 527 g/mol. The largest absolute Gasteiger partial charge is 0.495 e. The van der Waals surface area contributed by atoms with Gasteiger partial charge >= 0.3 is 6.09 Å². The number of ether oxygens (including phenoxy) is 2. The number of likely N-dealkylation sites (tertiary alicyclic amines) is 1. The molecule has 37 heavy (non-hydrogen) atoms. The minimum Gasteiger partial charge on any atom is -0.495 e. The van der Waals surface area contributed by atoms with Crippen molar-refractivity contribution in [2.75, 3.05) is 20.2 Å². The number of piperidine rings is 1. The van der Waals surface area contributed by atoms with Crippen LogP contribution in [0.25, 0.3) is 28.5 Å². The molecule has 0 aliphatic carbocycles. The standard InChI is InChI=1S/C25H27ClN6O5/c1-25(2,3)36-24(34)31-9-7-14(8-10-31)18-12-20(33)28-22-16(13-27-32(18)22)21-29-23(37-30-21)15-5-6-19(35-4)17(26)11-15/h5-6,11-14H,7-10H2,1-4H3,(H,28,33). The van der Waals surface area contributed by atoms with Gasteiger partial charge in [-0.1, -0.05) is 16.8 Å². The fourth-order valence-corrected chi connectivity index (χ4v) is 4.66. The van der Waals surface area contributed by atoms with Crippen LogP contribution in [0, 0.1) is 0 Å². The Morgan fingerprint density at radius 1 is 1.22 bits per heavy atom. The Labute approximate surface area is 217 Å². The lowest BCUT2D eigenvalue weighted by Crippen LogP contribution is -2.41. The zero-order valence-electron chi connectivity index (χ0n) is 20.9. The summed E-state index contributed by atoms with van der Waals surface area (Å²) in [6.45, 7) is 6.59. The highest BCUT2D eigenvalue weighted by Gasteiger charge is 2.29. The number of carbonyl (C=O) groups excluding carboxylic acids is 1. The molecule has 0 radical (unpaired) electrons. The molecule has 4 aromatic rings. The van der Waals surface area contributed by atoms with Gasteiger partial charge in [-0.25, -0.2) is 9.31 Å². The maximum absolute atomic E-state index is 12.6. The summed E-state index contributed by atoms with van der Waals surface area (Å²) in [5.74, 6) is 1.13. The van der Waals surface area contributed by atoms with Crippen LogP contribution in [0.2, 0.25) is 5.02 Å². The van der Waals surface area contributed by atoms with E-state index in [9.17, 15) is 9.59 Å². The van der Waals surface area contributed by atoms with Crippen LogP contribution in [0.3, 0.4) is 0 Å². The third-order valence-electron chi connectivity index (χ3n) is 6.16. The molecule has 1 aliphatic heterocycles. The number of rotatable bonds is 4. The molecule has 0 atom stereocenters. The van der Waals surface area contributed by atoms with Crippen molar-refractivity contribution in [1.29, 1.82) is 0 Å². The Morgan fingerprint density at radius 3 is 2.65 bits per heavy atom. The van der Waals surface area contributed by atoms with E-state index in [1.165, 1.54) is 7.11 Å². The second kappa shape index (κ2) is 9.55. The zero-order chi connectivity index (χ0) is 26.3. The maximum Gasteiger partial charge on any atom is 0.410 e. The van der Waals surface area contributed by atoms with E-state index in [-0.39, 0.29) is 29.3 Å². The molecular formula is C25H27ClN6O5. The van der Waals surface area contributed by atoms with Gasteiger partial charge in [0.15, 0.2) is 0 Å². The summed E-state index contributed by atoms with van der Waals surface area (Å²) in [6, 6.07) is 6.71. The highest BCUT2D eigenvalue weighted by molar-refractivity contribution is 6.32. The smallest absolute Gasteiger partial charge is 0.410 e. The Kier molecular flexibility index (Phi) is 6.40. The van der Waals surface area contributed by atoms with E-state index in [0.717, 1.165) is 5.69 Å². The summed E-state index contributed by atoms with van der Waals surface area (Å²) in [6.07, 6.45) is 2.63. The summed E-state index contributed by atoms with van der Waals surface area (Å²) < 4.78 is 17.8. The molecule has 0 unspecified atom stereocenters. The third kappa shape index (κ3) is 5.04. The molecule has 4 heterocycles. The molecule has 1 aliphatic rings. The summed E-state index contributed by atoms with van der Waals surface area (Å²) >= 11 is 6.23. The number of H-pyrrole nitrogens is 1. The van der Waals surface area contributed by atoms with Crippen molar-refractivity contribution >= 4 is 23.3 Å². The second-order valence-corrected chi connectivity index (χ2v) is 10.3. The van der Waals surface area contributed by atoms with Crippen LogP contribution in [-0.4, -0.2) is 61.5 Å². The van der Waals surface area contributed by atoms with Crippen LogP contribution >= 0.6 is 11.6 Å². The molecule has 0 bridgehead atoms. The number of fused-ring (bicyclic) bond motifs is 1. The van der Waals surface area contributed by atoms with Gasteiger partial charge in [-0.2, -0.15) is 10.1 Å². The van der Waals surface area contributed by atoms with Gasteiger partial charge in [0.2, 0.25) is 5.82 Å². The number of aromatic amines is 1. The first-order valence-electron chi connectivity index (χ1n) is 11.9. The molecule has 0 saturated carbocycles. The molecular weight excluding hydrogens is 500 g/mol. The summed E-state index contributed by atoms with van der Waals surface area (Å²) in [5.41, 5.74) is 1.58. The van der Waals surface area contributed by atoms with Crippen molar-refractivity contribution in [2.45, 2.75) is 45.1 Å². The normalized spacial score (nSPS) is 14.8. The molecule has 1 N–H and O–H groups in total. The van der Waals surface area contributed by atoms with E-state index in [2.05, 4.69) is 20.2 Å². The zero-order valence-corrected chi connectivity index (χ0v) is 21.7. The number of nitrogens with zero attached hydrogens (tertiary/aromatic N) is 5. The van der Waals surface area contributed by atoms with Gasteiger partial charge in [-0.15, -0.1) is 0 Å². The lowest BCUT2D eigenvalue weighted by Gasteiger charge is -2.33. The topological polar surface area (TPSA) is 128 Å². The van der Waals surface area contributed by atoms with Crippen molar-refractivity contribution in [3.63, 3.8) is 0 Å². The number of aromatic nitrogens is 5. The first-order valence-corrected chi connectivity index (χ1v) is 12.3. The van der Waals surface area contributed by atoms with Crippen LogP contribution in [0.15, 0.2) is 39.8 Å². The number of methoxy groups -OCH3 is 1. The first-order chi connectivity index (χ1) is 17.6. The number of nitrogens with one attached hydrogen (secondary N) is 1. The van der Waals surface area contributed by atoms with Crippen LogP contribution in [-0.2, 0) is 4.74 Å². The molecule has 194 valence electrons. The monoisotopic (exact) mass is 526 g/mol. The van der Waals surface area contributed by atoms with Crippen molar-refractivity contribution in [1.82, 2.24) is 29.6 Å². The van der Waals surface area contributed by atoms with Gasteiger partial charge in [-0.05, 0) is 51.8 Å². The molecule has 1 fully saturated rings. The fraction of sp³-hybridized carbons (Fsp3) is 0.400. The lowest BCUT2D eigenvalue weighted by molar-refractivity contribution is 0.0203. The number of halogens is 1. The van der Waals surface area contributed by atoms with E-state index >= 15 is 0 Å². The minimum atomic E-state index is -0.549. The third-order valence-corrected chi connectivity index (χ3v) is 6.46. The molecule has 0 spiro atoms. The molecule has 11 nitrogen and oxygen atoms in total. The van der Waals surface area contributed by atoms with Gasteiger partial charge in [0.1, 0.15) is 17.0 Å². The Balaban J connectivity index is 1.40. The number of benzene rings is 1. The van der Waals surface area contributed by atoms with Crippen LogP contribution in [0.5, 0.6) is 5.75 Å². The lowest BCUT2D eigenvalue weighted by atomic mass is 9.93.